The van der Waals surface area contributed by atoms with Gasteiger partial charge in [0.2, 0.25) is 5.91 Å². The highest BCUT2D eigenvalue weighted by Gasteiger charge is 2.32. The smallest absolute Gasteiger partial charge is 0.245 e. The lowest BCUT2D eigenvalue weighted by Gasteiger charge is -2.19. The third-order valence-electron chi connectivity index (χ3n) is 3.54. The van der Waals surface area contributed by atoms with Crippen molar-refractivity contribution < 1.29 is 4.79 Å². The first-order chi connectivity index (χ1) is 8.50. The fourth-order valence-electron chi connectivity index (χ4n) is 2.55. The third-order valence-corrected chi connectivity index (χ3v) is 3.54. The molecule has 100 valence electrons. The zero-order chi connectivity index (χ0) is 13.3. The molecule has 0 aliphatic carbocycles. The second kappa shape index (κ2) is 5.10. The summed E-state index contributed by atoms with van der Waals surface area (Å²) < 4.78 is 1.96. The van der Waals surface area contributed by atoms with Crippen LogP contribution in [0.15, 0.2) is 12.5 Å². The summed E-state index contributed by atoms with van der Waals surface area (Å²) in [6, 6.07) is -0.170. The van der Waals surface area contributed by atoms with E-state index >= 15 is 0 Å². The summed E-state index contributed by atoms with van der Waals surface area (Å²) in [6.45, 7) is 5.10. The Hall–Kier alpha value is -1.36. The zero-order valence-corrected chi connectivity index (χ0v) is 11.3. The first-order valence-electron chi connectivity index (χ1n) is 6.53. The molecule has 0 aromatic carbocycles. The molecule has 1 aliphatic rings. The number of amides is 1. The van der Waals surface area contributed by atoms with Crippen LogP contribution in [0.3, 0.4) is 0 Å². The fourth-order valence-corrected chi connectivity index (χ4v) is 2.55. The van der Waals surface area contributed by atoms with E-state index in [1.165, 1.54) is 0 Å². The maximum absolute atomic E-state index is 12.0. The van der Waals surface area contributed by atoms with Gasteiger partial charge in [-0.1, -0.05) is 13.8 Å². The molecule has 2 N–H and O–H groups in total. The Kier molecular flexibility index (Phi) is 3.71. The van der Waals surface area contributed by atoms with Crippen molar-refractivity contribution in [3.05, 3.63) is 18.2 Å². The molecule has 1 aromatic heterocycles. The van der Waals surface area contributed by atoms with Crippen LogP contribution in [-0.4, -0.2) is 34.0 Å². The molecular weight excluding hydrogens is 228 g/mol. The number of likely N-dealkylation sites (tertiary alicyclic amines) is 1. The van der Waals surface area contributed by atoms with Crippen molar-refractivity contribution in [1.29, 1.82) is 0 Å². The molecule has 1 fully saturated rings. The van der Waals surface area contributed by atoms with Crippen LogP contribution < -0.4 is 5.73 Å². The summed E-state index contributed by atoms with van der Waals surface area (Å²) >= 11 is 0. The van der Waals surface area contributed by atoms with Gasteiger partial charge in [-0.2, -0.15) is 0 Å². The number of imidazole rings is 1. The van der Waals surface area contributed by atoms with Crippen molar-refractivity contribution in [2.45, 2.75) is 38.8 Å². The SMILES string of the molecule is CC(C)CC(N)c1cncn1C1CCN(C)C1=O. The van der Waals surface area contributed by atoms with Crippen molar-refractivity contribution in [2.75, 3.05) is 13.6 Å². The minimum absolute atomic E-state index is 0.0498. The van der Waals surface area contributed by atoms with Gasteiger partial charge in [-0.25, -0.2) is 4.98 Å². The van der Waals surface area contributed by atoms with Gasteiger partial charge in [-0.15, -0.1) is 0 Å². The van der Waals surface area contributed by atoms with Crippen molar-refractivity contribution in [3.63, 3.8) is 0 Å². The molecule has 1 aromatic rings. The number of nitrogens with two attached hydrogens (primary N) is 1. The summed E-state index contributed by atoms with van der Waals surface area (Å²) in [5.74, 6) is 0.691. The molecule has 5 nitrogen and oxygen atoms in total. The molecule has 2 rings (SSSR count). The van der Waals surface area contributed by atoms with Gasteiger partial charge in [0.1, 0.15) is 6.04 Å². The summed E-state index contributed by atoms with van der Waals surface area (Å²) in [6.07, 6.45) is 5.27. The molecule has 5 heteroatoms. The van der Waals surface area contributed by atoms with E-state index in [4.69, 9.17) is 5.73 Å². The lowest BCUT2D eigenvalue weighted by molar-refractivity contribution is -0.129. The molecule has 2 atom stereocenters. The fraction of sp³-hybridized carbons (Fsp3) is 0.692. The van der Waals surface area contributed by atoms with Gasteiger partial charge in [0.05, 0.1) is 12.0 Å². The summed E-state index contributed by atoms with van der Waals surface area (Å²) in [5.41, 5.74) is 7.17. The highest BCUT2D eigenvalue weighted by Crippen LogP contribution is 2.27. The largest absolute Gasteiger partial charge is 0.344 e. The molecule has 18 heavy (non-hydrogen) atoms. The van der Waals surface area contributed by atoms with E-state index in [9.17, 15) is 4.79 Å². The Labute approximate surface area is 108 Å². The van der Waals surface area contributed by atoms with E-state index < -0.39 is 0 Å². The van der Waals surface area contributed by atoms with E-state index in [2.05, 4.69) is 18.8 Å². The van der Waals surface area contributed by atoms with Crippen LogP contribution in [0.5, 0.6) is 0 Å². The van der Waals surface area contributed by atoms with E-state index in [0.29, 0.717) is 5.92 Å². The summed E-state index contributed by atoms with van der Waals surface area (Å²) in [5, 5.41) is 0. The molecule has 0 spiro atoms. The third kappa shape index (κ3) is 2.41. The summed E-state index contributed by atoms with van der Waals surface area (Å²) in [7, 11) is 1.84. The van der Waals surface area contributed by atoms with Gasteiger partial charge in [-0.05, 0) is 18.8 Å². The summed E-state index contributed by atoms with van der Waals surface area (Å²) in [4.78, 5) is 18.0. The highest BCUT2D eigenvalue weighted by molar-refractivity contribution is 5.82. The Balaban J connectivity index is 2.20. The van der Waals surface area contributed by atoms with Gasteiger partial charge in [0.15, 0.2) is 0 Å². The Morgan fingerprint density at radius 1 is 1.56 bits per heavy atom. The van der Waals surface area contributed by atoms with Crippen molar-refractivity contribution in [2.24, 2.45) is 11.7 Å². The standard InChI is InChI=1S/C13H22N4O/c1-9(2)6-10(14)12-7-15-8-17(12)11-4-5-16(3)13(11)18/h7-11H,4-6,14H2,1-3H3. The quantitative estimate of drug-likeness (QED) is 0.877. The van der Waals surface area contributed by atoms with Crippen LogP contribution in [0, 0.1) is 5.92 Å². The van der Waals surface area contributed by atoms with Gasteiger partial charge in [0, 0.05) is 25.8 Å². The van der Waals surface area contributed by atoms with Crippen LogP contribution in [0.2, 0.25) is 0 Å². The van der Waals surface area contributed by atoms with Crippen LogP contribution in [-0.2, 0) is 4.79 Å². The topological polar surface area (TPSA) is 64.2 Å². The molecule has 1 aliphatic heterocycles. The van der Waals surface area contributed by atoms with E-state index in [1.807, 2.05) is 11.6 Å². The molecule has 2 heterocycles. The van der Waals surface area contributed by atoms with E-state index in [-0.39, 0.29) is 18.0 Å². The second-order valence-electron chi connectivity index (χ2n) is 5.53. The molecule has 2 unspecified atom stereocenters. The van der Waals surface area contributed by atoms with Gasteiger partial charge in [0.25, 0.3) is 0 Å². The Morgan fingerprint density at radius 3 is 2.83 bits per heavy atom. The Bertz CT molecular complexity index is 426. The number of hydrogen-bond acceptors (Lipinski definition) is 3. The molecule has 1 amide bonds. The second-order valence-corrected chi connectivity index (χ2v) is 5.53. The van der Waals surface area contributed by atoms with Crippen molar-refractivity contribution >= 4 is 5.91 Å². The molecule has 0 saturated carbocycles. The maximum atomic E-state index is 12.0. The molecule has 0 bridgehead atoms. The monoisotopic (exact) mass is 250 g/mol. The van der Waals surface area contributed by atoms with Crippen LogP contribution in [0.25, 0.3) is 0 Å². The average molecular weight is 250 g/mol. The number of likely N-dealkylation sites (N-methyl/N-ethyl adjacent to an activating group) is 1. The first-order valence-corrected chi connectivity index (χ1v) is 6.53. The normalized spacial score (nSPS) is 21.9. The van der Waals surface area contributed by atoms with Crippen molar-refractivity contribution in [3.8, 4) is 0 Å². The van der Waals surface area contributed by atoms with E-state index in [1.54, 1.807) is 17.4 Å². The molecular formula is C13H22N4O. The number of carbonyl (C=O) groups is 1. The number of rotatable bonds is 4. The van der Waals surface area contributed by atoms with Crippen LogP contribution in [0.4, 0.5) is 0 Å². The van der Waals surface area contributed by atoms with Gasteiger partial charge in [-0.3, -0.25) is 4.79 Å². The minimum Gasteiger partial charge on any atom is -0.344 e. The number of carbonyl (C=O) groups excluding carboxylic acids is 1. The van der Waals surface area contributed by atoms with Crippen molar-refractivity contribution in [1.82, 2.24) is 14.5 Å². The van der Waals surface area contributed by atoms with Gasteiger partial charge >= 0.3 is 0 Å². The van der Waals surface area contributed by atoms with E-state index in [0.717, 1.165) is 25.1 Å². The minimum atomic E-state index is -0.120. The predicted octanol–water partition coefficient (Wildman–Crippen LogP) is 1.33. The lowest BCUT2D eigenvalue weighted by Crippen LogP contribution is -2.26. The maximum Gasteiger partial charge on any atom is 0.245 e. The highest BCUT2D eigenvalue weighted by atomic mass is 16.2. The van der Waals surface area contributed by atoms with Crippen LogP contribution >= 0.6 is 0 Å². The predicted molar refractivity (Wildman–Crippen MR) is 69.9 cm³/mol. The molecule has 0 radical (unpaired) electrons. The number of aromatic nitrogens is 2. The van der Waals surface area contributed by atoms with Crippen LogP contribution in [0.1, 0.15) is 44.5 Å². The van der Waals surface area contributed by atoms with Gasteiger partial charge < -0.3 is 15.2 Å². The number of nitrogens with zero attached hydrogens (tertiary/aromatic N) is 3. The first kappa shape index (κ1) is 13.1. The molecule has 1 saturated heterocycles. The number of hydrogen-bond donors (Lipinski definition) is 1. The zero-order valence-electron chi connectivity index (χ0n) is 11.3. The Morgan fingerprint density at radius 2 is 2.28 bits per heavy atom. The lowest BCUT2D eigenvalue weighted by atomic mass is 10.0. The average Bonchev–Trinajstić information content (AvgIpc) is 2.86.